The van der Waals surface area contributed by atoms with Crippen LogP contribution in [-0.2, 0) is 9.59 Å². The molecule has 20 heavy (non-hydrogen) atoms. The average Bonchev–Trinajstić information content (AvgIpc) is 2.74. The van der Waals surface area contributed by atoms with E-state index in [1.54, 1.807) is 0 Å². The molecule has 0 saturated carbocycles. The zero-order chi connectivity index (χ0) is 15.3. The fourth-order valence-electron chi connectivity index (χ4n) is 2.31. The van der Waals surface area contributed by atoms with Gasteiger partial charge in [-0.25, -0.2) is 9.59 Å². The third kappa shape index (κ3) is 4.09. The fraction of sp³-hybridized carbons (Fsp3) is 0.750. The van der Waals surface area contributed by atoms with Crippen LogP contribution in [0.4, 0.5) is 4.79 Å². The molecule has 0 aromatic carbocycles. The Morgan fingerprint density at radius 1 is 1.45 bits per heavy atom. The number of likely N-dealkylation sites (tertiary alicyclic amines) is 1. The number of amides is 3. The third-order valence-corrected chi connectivity index (χ3v) is 3.61. The van der Waals surface area contributed by atoms with E-state index in [2.05, 4.69) is 5.32 Å². The summed E-state index contributed by atoms with van der Waals surface area (Å²) in [5.41, 5.74) is 4.97. The lowest BCUT2D eigenvalue weighted by molar-refractivity contribution is -0.139. The minimum atomic E-state index is -1.22. The molecule has 0 radical (unpaired) electrons. The summed E-state index contributed by atoms with van der Waals surface area (Å²) in [7, 11) is 0. The Balaban J connectivity index is 2.61. The van der Waals surface area contributed by atoms with E-state index in [9.17, 15) is 19.5 Å². The summed E-state index contributed by atoms with van der Waals surface area (Å²) in [5, 5.41) is 20.7. The number of nitrogens with one attached hydrogen (secondary N) is 1. The lowest BCUT2D eigenvalue weighted by Crippen LogP contribution is -2.51. The highest BCUT2D eigenvalue weighted by atomic mass is 16.4. The van der Waals surface area contributed by atoms with Crippen LogP contribution in [0, 0.1) is 5.92 Å². The van der Waals surface area contributed by atoms with Gasteiger partial charge in [-0.2, -0.15) is 0 Å². The maximum atomic E-state index is 12.0. The number of primary amides is 1. The molecule has 5 N–H and O–H groups in total. The molecule has 2 unspecified atom stereocenters. The van der Waals surface area contributed by atoms with Crippen molar-refractivity contribution in [2.75, 3.05) is 13.2 Å². The van der Waals surface area contributed by atoms with Crippen LogP contribution in [0.25, 0.3) is 0 Å². The van der Waals surface area contributed by atoms with E-state index in [-0.39, 0.29) is 31.4 Å². The Bertz CT molecular complexity index is 387. The summed E-state index contributed by atoms with van der Waals surface area (Å²) in [6, 6.07) is -2.00. The molecule has 8 nitrogen and oxygen atoms in total. The molecule has 3 atom stereocenters. The predicted octanol–water partition coefficient (Wildman–Crippen LogP) is -0.883. The first kappa shape index (κ1) is 16.2. The molecular weight excluding hydrogens is 266 g/mol. The van der Waals surface area contributed by atoms with Crippen molar-refractivity contribution in [2.24, 2.45) is 11.7 Å². The molecule has 8 heteroatoms. The first-order valence-electron chi connectivity index (χ1n) is 6.56. The summed E-state index contributed by atoms with van der Waals surface area (Å²) in [5.74, 6) is -1.67. The number of carboxylic acids is 1. The molecule has 1 aliphatic rings. The highest BCUT2D eigenvalue weighted by Crippen LogP contribution is 2.23. The first-order chi connectivity index (χ1) is 9.36. The number of carbonyl (C=O) groups excluding carboxylic acids is 2. The number of rotatable bonds is 6. The fourth-order valence-corrected chi connectivity index (χ4v) is 2.31. The molecule has 0 aliphatic carbocycles. The van der Waals surface area contributed by atoms with E-state index < -0.39 is 23.9 Å². The standard InChI is InChI=1S/C12H21N3O5/c1-7-4-5-15(9(7)6-16)12(20)14-8(11(18)19)2-3-10(13)17/h7-9,16H,2-6H2,1H3,(H2,13,17)(H,14,20)(H,18,19)/t7?,8-,9?/m0/s1. The zero-order valence-corrected chi connectivity index (χ0v) is 11.4. The maximum absolute atomic E-state index is 12.0. The second kappa shape index (κ2) is 7.09. The Hall–Kier alpha value is -1.83. The van der Waals surface area contributed by atoms with Crippen molar-refractivity contribution >= 4 is 17.9 Å². The number of urea groups is 1. The Morgan fingerprint density at radius 3 is 2.60 bits per heavy atom. The monoisotopic (exact) mass is 287 g/mol. The van der Waals surface area contributed by atoms with Crippen molar-refractivity contribution in [2.45, 2.75) is 38.3 Å². The molecule has 1 saturated heterocycles. The minimum absolute atomic E-state index is 0.0520. The first-order valence-corrected chi connectivity index (χ1v) is 6.56. The molecule has 3 amide bonds. The average molecular weight is 287 g/mol. The van der Waals surface area contributed by atoms with Gasteiger partial charge < -0.3 is 26.2 Å². The largest absolute Gasteiger partial charge is 0.480 e. The number of aliphatic carboxylic acids is 1. The molecule has 1 aliphatic heterocycles. The van der Waals surface area contributed by atoms with Crippen molar-refractivity contribution < 1.29 is 24.6 Å². The Morgan fingerprint density at radius 2 is 2.10 bits per heavy atom. The number of aliphatic hydroxyl groups is 1. The highest BCUT2D eigenvalue weighted by molar-refractivity contribution is 5.83. The van der Waals surface area contributed by atoms with Crippen LogP contribution in [0.15, 0.2) is 0 Å². The number of hydrogen-bond donors (Lipinski definition) is 4. The van der Waals surface area contributed by atoms with Crippen LogP contribution >= 0.6 is 0 Å². The molecule has 1 rings (SSSR count). The van der Waals surface area contributed by atoms with Crippen LogP contribution in [0.2, 0.25) is 0 Å². The molecule has 114 valence electrons. The van der Waals surface area contributed by atoms with Gasteiger partial charge in [0, 0.05) is 13.0 Å². The summed E-state index contributed by atoms with van der Waals surface area (Å²) in [6.45, 7) is 2.24. The lowest BCUT2D eigenvalue weighted by atomic mass is 10.0. The smallest absolute Gasteiger partial charge is 0.326 e. The van der Waals surface area contributed by atoms with Crippen LogP contribution in [0.3, 0.4) is 0 Å². The van der Waals surface area contributed by atoms with Gasteiger partial charge in [-0.05, 0) is 18.8 Å². The Labute approximate surface area is 116 Å². The van der Waals surface area contributed by atoms with Crippen LogP contribution in [-0.4, -0.2) is 58.3 Å². The van der Waals surface area contributed by atoms with Crippen LogP contribution in [0.5, 0.6) is 0 Å². The summed E-state index contributed by atoms with van der Waals surface area (Å²) < 4.78 is 0. The van der Waals surface area contributed by atoms with Crippen molar-refractivity contribution in [1.82, 2.24) is 10.2 Å². The summed E-state index contributed by atoms with van der Waals surface area (Å²) >= 11 is 0. The second-order valence-electron chi connectivity index (χ2n) is 5.05. The number of hydrogen-bond acceptors (Lipinski definition) is 4. The third-order valence-electron chi connectivity index (χ3n) is 3.61. The van der Waals surface area contributed by atoms with Gasteiger partial charge >= 0.3 is 12.0 Å². The molecular formula is C12H21N3O5. The van der Waals surface area contributed by atoms with Gasteiger partial charge in [0.25, 0.3) is 0 Å². The second-order valence-corrected chi connectivity index (χ2v) is 5.05. The highest BCUT2D eigenvalue weighted by Gasteiger charge is 2.35. The minimum Gasteiger partial charge on any atom is -0.480 e. The molecule has 0 aromatic heterocycles. The van der Waals surface area contributed by atoms with Crippen molar-refractivity contribution in [3.63, 3.8) is 0 Å². The molecule has 0 aromatic rings. The number of carbonyl (C=O) groups is 3. The van der Waals surface area contributed by atoms with Crippen LogP contribution < -0.4 is 11.1 Å². The quantitative estimate of drug-likeness (QED) is 0.503. The van der Waals surface area contributed by atoms with Crippen LogP contribution in [0.1, 0.15) is 26.2 Å². The molecule has 1 fully saturated rings. The zero-order valence-electron chi connectivity index (χ0n) is 11.4. The lowest BCUT2D eigenvalue weighted by Gasteiger charge is -2.27. The van der Waals surface area contributed by atoms with Gasteiger partial charge in [0.15, 0.2) is 0 Å². The van der Waals surface area contributed by atoms with Gasteiger partial charge in [-0.1, -0.05) is 6.92 Å². The topological polar surface area (TPSA) is 133 Å². The van der Waals surface area contributed by atoms with Crippen molar-refractivity contribution in [3.8, 4) is 0 Å². The molecule has 1 heterocycles. The van der Waals surface area contributed by atoms with Gasteiger partial charge in [0.1, 0.15) is 6.04 Å². The molecule has 0 spiro atoms. The molecule has 0 bridgehead atoms. The number of aliphatic hydroxyl groups excluding tert-OH is 1. The van der Waals surface area contributed by atoms with Gasteiger partial charge in [0.2, 0.25) is 5.91 Å². The summed E-state index contributed by atoms with van der Waals surface area (Å²) in [4.78, 5) is 35.2. The predicted molar refractivity (Wildman–Crippen MR) is 69.7 cm³/mol. The normalized spacial score (nSPS) is 23.4. The van der Waals surface area contributed by atoms with Gasteiger partial charge in [-0.3, -0.25) is 4.79 Å². The van der Waals surface area contributed by atoms with E-state index in [1.807, 2.05) is 6.92 Å². The van der Waals surface area contributed by atoms with E-state index in [1.165, 1.54) is 4.90 Å². The van der Waals surface area contributed by atoms with E-state index in [0.717, 1.165) is 6.42 Å². The van der Waals surface area contributed by atoms with E-state index in [0.29, 0.717) is 6.54 Å². The SMILES string of the molecule is CC1CCN(C(=O)N[C@@H](CCC(N)=O)C(=O)O)C1CO. The van der Waals surface area contributed by atoms with Crippen molar-refractivity contribution in [1.29, 1.82) is 0 Å². The van der Waals surface area contributed by atoms with E-state index >= 15 is 0 Å². The number of nitrogens with two attached hydrogens (primary N) is 1. The van der Waals surface area contributed by atoms with E-state index in [4.69, 9.17) is 10.8 Å². The Kier molecular flexibility index (Phi) is 5.75. The number of carboxylic acid groups (broad SMARTS) is 1. The summed E-state index contributed by atoms with van der Waals surface area (Å²) in [6.07, 6.45) is 0.596. The number of nitrogens with zero attached hydrogens (tertiary/aromatic N) is 1. The van der Waals surface area contributed by atoms with Gasteiger partial charge in [0.05, 0.1) is 12.6 Å². The maximum Gasteiger partial charge on any atom is 0.326 e. The van der Waals surface area contributed by atoms with Gasteiger partial charge in [-0.15, -0.1) is 0 Å². The van der Waals surface area contributed by atoms with Crippen molar-refractivity contribution in [3.05, 3.63) is 0 Å².